The molecule has 0 bridgehead atoms. The van der Waals surface area contributed by atoms with Gasteiger partial charge in [0.1, 0.15) is 12.1 Å². The van der Waals surface area contributed by atoms with E-state index in [9.17, 15) is 0 Å². The van der Waals surface area contributed by atoms with Crippen LogP contribution in [0.3, 0.4) is 0 Å². The first-order valence-electron chi connectivity index (χ1n) is 6.56. The lowest BCUT2D eigenvalue weighted by molar-refractivity contribution is 0.402. The number of hydrogen-bond donors (Lipinski definition) is 1. The van der Waals surface area contributed by atoms with E-state index in [2.05, 4.69) is 21.5 Å². The number of aromatic nitrogens is 3. The topological polar surface area (TPSA) is 51.5 Å². The summed E-state index contributed by atoms with van der Waals surface area (Å²) >= 11 is 1.70. The average molecular weight is 286 g/mol. The average Bonchev–Trinajstić information content (AvgIpc) is 3.07. The molecule has 102 valence electrons. The highest BCUT2D eigenvalue weighted by Crippen LogP contribution is 2.37. The zero-order chi connectivity index (χ0) is 13.5. The minimum atomic E-state index is 0.156. The second kappa shape index (κ2) is 4.57. The smallest absolute Gasteiger partial charge is 0.212 e. The standard InChI is InChI=1S/C14H14N4OS/c1-19-11-5-3-2-4-9(11)12-13-10(6-7-15-12)18-14(20-13)16-8-17-18/h2-5,8,12,15H,6-7H2,1H3. The van der Waals surface area contributed by atoms with Crippen molar-refractivity contribution in [2.45, 2.75) is 12.5 Å². The monoisotopic (exact) mass is 286 g/mol. The maximum atomic E-state index is 5.50. The van der Waals surface area contributed by atoms with Crippen LogP contribution < -0.4 is 10.1 Å². The van der Waals surface area contributed by atoms with Gasteiger partial charge in [-0.2, -0.15) is 5.10 Å². The fourth-order valence-corrected chi connectivity index (χ4v) is 3.96. The minimum absolute atomic E-state index is 0.156. The van der Waals surface area contributed by atoms with Crippen LogP contribution in [-0.4, -0.2) is 28.3 Å². The molecule has 1 aliphatic heterocycles. The van der Waals surface area contributed by atoms with Crippen LogP contribution in [0.4, 0.5) is 0 Å². The molecular weight excluding hydrogens is 272 g/mol. The maximum absolute atomic E-state index is 5.50. The van der Waals surface area contributed by atoms with Gasteiger partial charge >= 0.3 is 0 Å². The van der Waals surface area contributed by atoms with E-state index in [1.807, 2.05) is 22.7 Å². The molecule has 2 aromatic heterocycles. The van der Waals surface area contributed by atoms with Crippen molar-refractivity contribution >= 4 is 16.3 Å². The Labute approximate surface area is 120 Å². The van der Waals surface area contributed by atoms with Gasteiger partial charge in [0.15, 0.2) is 0 Å². The van der Waals surface area contributed by atoms with Crippen molar-refractivity contribution in [1.29, 1.82) is 0 Å². The van der Waals surface area contributed by atoms with Crippen molar-refractivity contribution < 1.29 is 4.74 Å². The molecule has 6 heteroatoms. The van der Waals surface area contributed by atoms with Gasteiger partial charge in [0.2, 0.25) is 4.96 Å². The molecule has 1 atom stereocenters. The summed E-state index contributed by atoms with van der Waals surface area (Å²) in [5.41, 5.74) is 2.43. The second-order valence-electron chi connectivity index (χ2n) is 4.75. The molecule has 0 saturated heterocycles. The molecule has 1 N–H and O–H groups in total. The van der Waals surface area contributed by atoms with Gasteiger partial charge in [-0.05, 0) is 6.07 Å². The van der Waals surface area contributed by atoms with Gasteiger partial charge < -0.3 is 10.1 Å². The molecule has 0 amide bonds. The molecule has 1 aliphatic rings. The molecule has 0 saturated carbocycles. The lowest BCUT2D eigenvalue weighted by Gasteiger charge is -2.25. The van der Waals surface area contributed by atoms with Crippen LogP contribution in [0.2, 0.25) is 0 Å². The van der Waals surface area contributed by atoms with E-state index in [1.54, 1.807) is 24.8 Å². The number of rotatable bonds is 2. The van der Waals surface area contributed by atoms with Crippen LogP contribution in [0.1, 0.15) is 22.2 Å². The third-order valence-corrected chi connectivity index (χ3v) is 4.83. The SMILES string of the molecule is COc1ccccc1C1NCCc2c1sc1ncnn21. The van der Waals surface area contributed by atoms with E-state index in [0.717, 1.165) is 23.7 Å². The second-order valence-corrected chi connectivity index (χ2v) is 5.76. The summed E-state index contributed by atoms with van der Waals surface area (Å²) in [5, 5.41) is 7.90. The number of nitrogens with one attached hydrogen (secondary N) is 1. The summed E-state index contributed by atoms with van der Waals surface area (Å²) in [7, 11) is 1.71. The number of hydrogen-bond acceptors (Lipinski definition) is 5. The third kappa shape index (κ3) is 1.65. The van der Waals surface area contributed by atoms with Crippen molar-refractivity contribution in [3.63, 3.8) is 0 Å². The van der Waals surface area contributed by atoms with E-state index in [-0.39, 0.29) is 6.04 Å². The van der Waals surface area contributed by atoms with Crippen LogP contribution in [0.5, 0.6) is 5.75 Å². The number of benzene rings is 1. The zero-order valence-electron chi connectivity index (χ0n) is 11.0. The Morgan fingerprint density at radius 1 is 1.40 bits per heavy atom. The minimum Gasteiger partial charge on any atom is -0.496 e. The van der Waals surface area contributed by atoms with Crippen molar-refractivity contribution in [3.8, 4) is 5.75 Å². The molecule has 4 rings (SSSR count). The fourth-order valence-electron chi connectivity index (χ4n) is 2.79. The number of nitrogens with zero attached hydrogens (tertiary/aromatic N) is 3. The Balaban J connectivity index is 1.89. The Bertz CT molecular complexity index is 763. The molecule has 20 heavy (non-hydrogen) atoms. The molecule has 0 spiro atoms. The van der Waals surface area contributed by atoms with Crippen LogP contribution in [0.15, 0.2) is 30.6 Å². The van der Waals surface area contributed by atoms with Gasteiger partial charge in [-0.15, -0.1) is 0 Å². The lowest BCUT2D eigenvalue weighted by Crippen LogP contribution is -2.30. The van der Waals surface area contributed by atoms with Crippen molar-refractivity contribution in [2.75, 3.05) is 13.7 Å². The van der Waals surface area contributed by atoms with Gasteiger partial charge in [0.25, 0.3) is 0 Å². The Kier molecular flexibility index (Phi) is 2.71. The van der Waals surface area contributed by atoms with E-state index in [1.165, 1.54) is 16.1 Å². The van der Waals surface area contributed by atoms with E-state index in [4.69, 9.17) is 4.74 Å². The molecule has 1 aromatic carbocycles. The molecule has 0 radical (unpaired) electrons. The Morgan fingerprint density at radius 2 is 2.30 bits per heavy atom. The van der Waals surface area contributed by atoms with Crippen LogP contribution >= 0.6 is 11.3 Å². The molecule has 0 fully saturated rings. The summed E-state index contributed by atoms with van der Waals surface area (Å²) in [6.07, 6.45) is 2.59. The number of para-hydroxylation sites is 1. The van der Waals surface area contributed by atoms with Gasteiger partial charge in [0.05, 0.1) is 23.7 Å². The van der Waals surface area contributed by atoms with Crippen molar-refractivity contribution in [1.82, 2.24) is 19.9 Å². The predicted octanol–water partition coefficient (Wildman–Crippen LogP) is 2.03. The van der Waals surface area contributed by atoms with Crippen LogP contribution in [0.25, 0.3) is 4.96 Å². The van der Waals surface area contributed by atoms with Gasteiger partial charge in [-0.1, -0.05) is 29.5 Å². The molecule has 3 heterocycles. The first kappa shape index (κ1) is 11.9. The quantitative estimate of drug-likeness (QED) is 0.783. The fraction of sp³-hybridized carbons (Fsp3) is 0.286. The molecule has 3 aromatic rings. The first-order chi connectivity index (χ1) is 9.88. The van der Waals surface area contributed by atoms with Crippen LogP contribution in [0, 0.1) is 0 Å². The molecular formula is C14H14N4OS. The van der Waals surface area contributed by atoms with Gasteiger partial charge in [-0.25, -0.2) is 9.50 Å². The molecule has 5 nitrogen and oxygen atoms in total. The normalized spacial score (nSPS) is 18.1. The van der Waals surface area contributed by atoms with E-state index >= 15 is 0 Å². The Hall–Kier alpha value is -1.92. The van der Waals surface area contributed by atoms with E-state index < -0.39 is 0 Å². The van der Waals surface area contributed by atoms with Crippen molar-refractivity contribution in [2.24, 2.45) is 0 Å². The lowest BCUT2D eigenvalue weighted by atomic mass is 9.99. The highest BCUT2D eigenvalue weighted by atomic mass is 32.1. The third-order valence-electron chi connectivity index (χ3n) is 3.68. The first-order valence-corrected chi connectivity index (χ1v) is 7.37. The van der Waals surface area contributed by atoms with Gasteiger partial charge in [-0.3, -0.25) is 0 Å². The predicted molar refractivity (Wildman–Crippen MR) is 77.4 cm³/mol. The molecule has 1 unspecified atom stereocenters. The summed E-state index contributed by atoms with van der Waals surface area (Å²) in [5.74, 6) is 0.914. The summed E-state index contributed by atoms with van der Waals surface area (Å²) in [6.45, 7) is 0.932. The number of fused-ring (bicyclic) bond motifs is 3. The zero-order valence-corrected chi connectivity index (χ0v) is 11.9. The number of thiazole rings is 1. The number of ether oxygens (including phenoxy) is 1. The largest absolute Gasteiger partial charge is 0.496 e. The summed E-state index contributed by atoms with van der Waals surface area (Å²) in [4.78, 5) is 6.55. The highest BCUT2D eigenvalue weighted by molar-refractivity contribution is 7.17. The van der Waals surface area contributed by atoms with Crippen LogP contribution in [-0.2, 0) is 6.42 Å². The maximum Gasteiger partial charge on any atom is 0.212 e. The highest BCUT2D eigenvalue weighted by Gasteiger charge is 2.28. The number of methoxy groups -OCH3 is 1. The summed E-state index contributed by atoms with van der Waals surface area (Å²) < 4.78 is 7.46. The Morgan fingerprint density at radius 3 is 3.20 bits per heavy atom. The summed E-state index contributed by atoms with van der Waals surface area (Å²) in [6, 6.07) is 8.31. The van der Waals surface area contributed by atoms with E-state index in [0.29, 0.717) is 0 Å². The molecule has 0 aliphatic carbocycles. The van der Waals surface area contributed by atoms with Gasteiger partial charge in [0, 0.05) is 18.5 Å². The van der Waals surface area contributed by atoms with Crippen molar-refractivity contribution in [3.05, 3.63) is 46.7 Å².